The van der Waals surface area contributed by atoms with Gasteiger partial charge >= 0.3 is 0 Å². The van der Waals surface area contributed by atoms with Gasteiger partial charge < -0.3 is 5.32 Å². The average molecular weight is 318 g/mol. The van der Waals surface area contributed by atoms with Crippen LogP contribution in [0, 0.1) is 17.2 Å². The maximum Gasteiger partial charge on any atom is 0.238 e. The third-order valence-electron chi connectivity index (χ3n) is 4.49. The molecular formula is C17H20ClN3O. The quantitative estimate of drug-likeness (QED) is 0.908. The first-order chi connectivity index (χ1) is 10.7. The van der Waals surface area contributed by atoms with E-state index in [0.29, 0.717) is 10.9 Å². The molecule has 1 aromatic carbocycles. The molecule has 0 unspecified atom stereocenters. The summed E-state index contributed by atoms with van der Waals surface area (Å²) in [6, 6.07) is 8.56. The van der Waals surface area contributed by atoms with E-state index in [1.54, 1.807) is 24.3 Å². The molecule has 1 aromatic rings. The molecule has 0 radical (unpaired) electrons. The molecule has 22 heavy (non-hydrogen) atoms. The van der Waals surface area contributed by atoms with Crippen LogP contribution in [0.25, 0.3) is 0 Å². The molecule has 0 bridgehead atoms. The zero-order chi connectivity index (χ0) is 15.5. The Kier molecular flexibility index (Phi) is 4.66. The molecular weight excluding hydrogens is 298 g/mol. The van der Waals surface area contributed by atoms with Crippen molar-refractivity contribution in [2.75, 3.05) is 13.1 Å². The van der Waals surface area contributed by atoms with Crippen molar-refractivity contribution in [3.05, 3.63) is 34.9 Å². The van der Waals surface area contributed by atoms with Gasteiger partial charge in [-0.2, -0.15) is 5.26 Å². The molecule has 1 aliphatic carbocycles. The predicted octanol–water partition coefficient (Wildman–Crippen LogP) is 2.90. The summed E-state index contributed by atoms with van der Waals surface area (Å²) in [7, 11) is 0. The molecule has 1 aliphatic heterocycles. The summed E-state index contributed by atoms with van der Waals surface area (Å²) in [6.45, 7) is 1.99. The van der Waals surface area contributed by atoms with Gasteiger partial charge in [0.1, 0.15) is 6.04 Å². The Morgan fingerprint density at radius 1 is 1.27 bits per heavy atom. The highest BCUT2D eigenvalue weighted by molar-refractivity contribution is 6.30. The topological polar surface area (TPSA) is 56.1 Å². The van der Waals surface area contributed by atoms with Crippen molar-refractivity contribution in [1.29, 1.82) is 5.26 Å². The van der Waals surface area contributed by atoms with Crippen LogP contribution in [-0.2, 0) is 4.79 Å². The minimum Gasteiger partial charge on any atom is -0.335 e. The van der Waals surface area contributed by atoms with Crippen LogP contribution in [0.4, 0.5) is 0 Å². The van der Waals surface area contributed by atoms with Crippen LogP contribution in [0.15, 0.2) is 24.3 Å². The summed E-state index contributed by atoms with van der Waals surface area (Å²) in [5, 5.41) is 12.9. The van der Waals surface area contributed by atoms with Gasteiger partial charge in [-0.25, -0.2) is 0 Å². The number of hydrogen-bond donors (Lipinski definition) is 1. The lowest BCUT2D eigenvalue weighted by molar-refractivity contribution is -0.127. The van der Waals surface area contributed by atoms with E-state index in [9.17, 15) is 10.1 Å². The van der Waals surface area contributed by atoms with Crippen LogP contribution in [0.5, 0.6) is 0 Å². The number of hydrogen-bond acceptors (Lipinski definition) is 3. The van der Waals surface area contributed by atoms with Crippen LogP contribution >= 0.6 is 11.6 Å². The fraction of sp³-hybridized carbons (Fsp3) is 0.529. The molecule has 1 N–H and O–H groups in total. The van der Waals surface area contributed by atoms with Crippen molar-refractivity contribution in [2.24, 2.45) is 5.92 Å². The third kappa shape index (κ3) is 3.43. The molecule has 0 spiro atoms. The molecule has 5 heteroatoms. The van der Waals surface area contributed by atoms with Gasteiger partial charge in [-0.15, -0.1) is 0 Å². The van der Waals surface area contributed by atoms with E-state index in [-0.39, 0.29) is 11.9 Å². The summed E-state index contributed by atoms with van der Waals surface area (Å²) < 4.78 is 0. The molecule has 1 saturated carbocycles. The Morgan fingerprint density at radius 3 is 2.45 bits per heavy atom. The SMILES string of the molecule is N#C[C@H](NC(=O)[C@@H](C1CC1)N1CCCC1)c1ccc(Cl)cc1. The molecule has 2 fully saturated rings. The first-order valence-electron chi connectivity index (χ1n) is 7.88. The van der Waals surface area contributed by atoms with E-state index in [2.05, 4.69) is 16.3 Å². The molecule has 0 aromatic heterocycles. The van der Waals surface area contributed by atoms with Crippen molar-refractivity contribution < 1.29 is 4.79 Å². The normalized spacial score (nSPS) is 21.1. The number of nitrogens with one attached hydrogen (secondary N) is 1. The molecule has 1 saturated heterocycles. The van der Waals surface area contributed by atoms with Gasteiger partial charge in [-0.3, -0.25) is 9.69 Å². The van der Waals surface area contributed by atoms with Gasteiger partial charge in [0, 0.05) is 5.02 Å². The predicted molar refractivity (Wildman–Crippen MR) is 85.3 cm³/mol. The van der Waals surface area contributed by atoms with Gasteiger partial charge in [0.25, 0.3) is 0 Å². The molecule has 2 atom stereocenters. The lowest BCUT2D eigenvalue weighted by Crippen LogP contribution is -2.47. The van der Waals surface area contributed by atoms with Crippen LogP contribution < -0.4 is 5.32 Å². The first kappa shape index (κ1) is 15.3. The van der Waals surface area contributed by atoms with Gasteiger partial charge in [-0.1, -0.05) is 23.7 Å². The van der Waals surface area contributed by atoms with E-state index in [1.807, 2.05) is 0 Å². The monoisotopic (exact) mass is 317 g/mol. The second-order valence-corrected chi connectivity index (χ2v) is 6.58. The third-order valence-corrected chi connectivity index (χ3v) is 4.74. The number of amides is 1. The number of carbonyl (C=O) groups is 1. The number of rotatable bonds is 5. The molecule has 2 aliphatic rings. The molecule has 3 rings (SSSR count). The second-order valence-electron chi connectivity index (χ2n) is 6.15. The largest absolute Gasteiger partial charge is 0.335 e. The second kappa shape index (κ2) is 6.68. The summed E-state index contributed by atoms with van der Waals surface area (Å²) in [4.78, 5) is 15.0. The number of nitrogens with zero attached hydrogens (tertiary/aromatic N) is 2. The zero-order valence-corrected chi connectivity index (χ0v) is 13.2. The van der Waals surface area contributed by atoms with Crippen LogP contribution in [0.2, 0.25) is 5.02 Å². The maximum atomic E-state index is 12.7. The van der Waals surface area contributed by atoms with Crippen molar-refractivity contribution in [3.63, 3.8) is 0 Å². The fourth-order valence-corrected chi connectivity index (χ4v) is 3.31. The van der Waals surface area contributed by atoms with Crippen molar-refractivity contribution in [1.82, 2.24) is 10.2 Å². The zero-order valence-electron chi connectivity index (χ0n) is 12.5. The molecule has 1 heterocycles. The van der Waals surface area contributed by atoms with Crippen LogP contribution in [-0.4, -0.2) is 29.9 Å². The molecule has 116 valence electrons. The average Bonchev–Trinajstić information content (AvgIpc) is 3.20. The standard InChI is InChI=1S/C17H20ClN3O/c18-14-7-5-12(6-8-14)15(11-19)20-17(22)16(13-3-4-13)21-9-1-2-10-21/h5-8,13,15-16H,1-4,9-10H2,(H,20,22)/t15-,16+/m0/s1. The number of halogens is 1. The summed E-state index contributed by atoms with van der Waals surface area (Å²) in [6.07, 6.45) is 4.56. The van der Waals surface area contributed by atoms with Gasteiger partial charge in [0.05, 0.1) is 12.1 Å². The van der Waals surface area contributed by atoms with E-state index < -0.39 is 6.04 Å². The van der Waals surface area contributed by atoms with E-state index in [0.717, 1.165) is 44.3 Å². The lowest BCUT2D eigenvalue weighted by atomic mass is 10.1. The number of carbonyl (C=O) groups excluding carboxylic acids is 1. The van der Waals surface area contributed by atoms with E-state index in [1.165, 1.54) is 0 Å². The van der Waals surface area contributed by atoms with Crippen molar-refractivity contribution in [2.45, 2.75) is 37.8 Å². The molecule has 1 amide bonds. The van der Waals surface area contributed by atoms with Gasteiger partial charge in [0.2, 0.25) is 5.91 Å². The Hall–Kier alpha value is -1.57. The van der Waals surface area contributed by atoms with E-state index in [4.69, 9.17) is 11.6 Å². The Labute approximate surface area is 136 Å². The lowest BCUT2D eigenvalue weighted by Gasteiger charge is -2.27. The Bertz CT molecular complexity index is 571. The number of nitriles is 1. The Morgan fingerprint density at radius 2 is 1.91 bits per heavy atom. The van der Waals surface area contributed by atoms with Gasteiger partial charge in [-0.05, 0) is 62.4 Å². The Balaban J connectivity index is 1.70. The van der Waals surface area contributed by atoms with Crippen molar-refractivity contribution in [3.8, 4) is 6.07 Å². The summed E-state index contributed by atoms with van der Waals surface area (Å²) >= 11 is 5.87. The fourth-order valence-electron chi connectivity index (χ4n) is 3.18. The van der Waals surface area contributed by atoms with Crippen LogP contribution in [0.1, 0.15) is 37.3 Å². The highest BCUT2D eigenvalue weighted by Crippen LogP contribution is 2.37. The summed E-state index contributed by atoms with van der Waals surface area (Å²) in [5.74, 6) is 0.452. The summed E-state index contributed by atoms with van der Waals surface area (Å²) in [5.41, 5.74) is 0.774. The van der Waals surface area contributed by atoms with E-state index >= 15 is 0 Å². The number of benzene rings is 1. The van der Waals surface area contributed by atoms with Crippen molar-refractivity contribution >= 4 is 17.5 Å². The first-order valence-corrected chi connectivity index (χ1v) is 8.26. The maximum absolute atomic E-state index is 12.7. The highest BCUT2D eigenvalue weighted by atomic mass is 35.5. The smallest absolute Gasteiger partial charge is 0.238 e. The minimum absolute atomic E-state index is 0.00843. The highest BCUT2D eigenvalue weighted by Gasteiger charge is 2.41. The number of likely N-dealkylation sites (tertiary alicyclic amines) is 1. The molecule has 4 nitrogen and oxygen atoms in total. The van der Waals surface area contributed by atoms with Crippen LogP contribution in [0.3, 0.4) is 0 Å². The van der Waals surface area contributed by atoms with Gasteiger partial charge in [0.15, 0.2) is 0 Å². The minimum atomic E-state index is -0.617.